The van der Waals surface area contributed by atoms with E-state index in [2.05, 4.69) is 16.0 Å². The van der Waals surface area contributed by atoms with E-state index in [1.807, 2.05) is 0 Å². The van der Waals surface area contributed by atoms with Crippen molar-refractivity contribution in [1.29, 1.82) is 0 Å². The van der Waals surface area contributed by atoms with Gasteiger partial charge in [0.2, 0.25) is 0 Å². The number of benzene rings is 2. The van der Waals surface area contributed by atoms with Crippen molar-refractivity contribution in [3.05, 3.63) is 64.5 Å². The van der Waals surface area contributed by atoms with Crippen LogP contribution in [0, 0.1) is 5.82 Å². The van der Waals surface area contributed by atoms with Crippen molar-refractivity contribution in [2.75, 3.05) is 11.9 Å². The van der Waals surface area contributed by atoms with Crippen LogP contribution in [-0.2, 0) is 6.18 Å². The standard InChI is InChI=1S/C21H19F4N3O2/c22-13-9-11(8-12(10-13)21(23,24)25)19(29)27-15-6-3-4-14-17(15)18(28-20(14)30)16-5-1-2-7-26-16/h3-4,6,8-10,16,18,26H,1-2,5,7H2,(H,27,29)(H,28,30). The Bertz CT molecular complexity index is 1000. The van der Waals surface area contributed by atoms with Crippen molar-refractivity contribution in [3.63, 3.8) is 0 Å². The highest BCUT2D eigenvalue weighted by molar-refractivity contribution is 6.07. The molecule has 9 heteroatoms. The van der Waals surface area contributed by atoms with Crippen LogP contribution in [0.3, 0.4) is 0 Å². The Hall–Kier alpha value is -2.94. The summed E-state index contributed by atoms with van der Waals surface area (Å²) in [7, 11) is 0. The maximum Gasteiger partial charge on any atom is 0.416 e. The second kappa shape index (κ2) is 7.71. The van der Waals surface area contributed by atoms with E-state index in [-0.39, 0.29) is 18.0 Å². The number of alkyl halides is 3. The second-order valence-electron chi connectivity index (χ2n) is 7.45. The summed E-state index contributed by atoms with van der Waals surface area (Å²) in [6.07, 6.45) is -1.91. The fourth-order valence-electron chi connectivity index (χ4n) is 4.04. The minimum atomic E-state index is -4.78. The molecule has 5 nitrogen and oxygen atoms in total. The molecule has 2 atom stereocenters. The van der Waals surface area contributed by atoms with Gasteiger partial charge in [-0.3, -0.25) is 9.59 Å². The van der Waals surface area contributed by atoms with Gasteiger partial charge in [0.05, 0.1) is 11.6 Å². The number of hydrogen-bond acceptors (Lipinski definition) is 3. The zero-order valence-corrected chi connectivity index (χ0v) is 15.8. The van der Waals surface area contributed by atoms with Gasteiger partial charge in [0.1, 0.15) is 5.82 Å². The predicted molar refractivity (Wildman–Crippen MR) is 102 cm³/mol. The van der Waals surface area contributed by atoms with Gasteiger partial charge in [0, 0.05) is 28.4 Å². The molecule has 2 unspecified atom stereocenters. The van der Waals surface area contributed by atoms with Crippen LogP contribution in [-0.4, -0.2) is 24.4 Å². The third-order valence-electron chi connectivity index (χ3n) is 5.43. The van der Waals surface area contributed by atoms with Crippen molar-refractivity contribution >= 4 is 17.5 Å². The summed E-state index contributed by atoms with van der Waals surface area (Å²) in [5.41, 5.74) is -0.397. The topological polar surface area (TPSA) is 70.2 Å². The van der Waals surface area contributed by atoms with E-state index in [0.29, 0.717) is 28.9 Å². The molecule has 30 heavy (non-hydrogen) atoms. The Morgan fingerprint density at radius 2 is 1.93 bits per heavy atom. The smallest absolute Gasteiger partial charge is 0.344 e. The van der Waals surface area contributed by atoms with E-state index in [1.54, 1.807) is 18.2 Å². The highest BCUT2D eigenvalue weighted by atomic mass is 19.4. The van der Waals surface area contributed by atoms with Crippen molar-refractivity contribution in [1.82, 2.24) is 10.6 Å². The number of carbonyl (C=O) groups excluding carboxylic acids is 2. The monoisotopic (exact) mass is 421 g/mol. The Morgan fingerprint density at radius 3 is 2.63 bits per heavy atom. The summed E-state index contributed by atoms with van der Waals surface area (Å²) in [6, 6.07) is 6.09. The summed E-state index contributed by atoms with van der Waals surface area (Å²) < 4.78 is 52.6. The van der Waals surface area contributed by atoms with Crippen LogP contribution in [0.15, 0.2) is 36.4 Å². The minimum absolute atomic E-state index is 0.0204. The summed E-state index contributed by atoms with van der Waals surface area (Å²) in [6.45, 7) is 0.810. The van der Waals surface area contributed by atoms with E-state index in [4.69, 9.17) is 0 Å². The predicted octanol–water partition coefficient (Wildman–Crippen LogP) is 4.02. The number of anilines is 1. The highest BCUT2D eigenvalue weighted by Gasteiger charge is 2.37. The largest absolute Gasteiger partial charge is 0.416 e. The van der Waals surface area contributed by atoms with E-state index in [0.717, 1.165) is 31.9 Å². The zero-order chi connectivity index (χ0) is 21.5. The molecule has 158 valence electrons. The van der Waals surface area contributed by atoms with E-state index in [1.165, 1.54) is 0 Å². The van der Waals surface area contributed by atoms with Crippen LogP contribution >= 0.6 is 0 Å². The van der Waals surface area contributed by atoms with Gasteiger partial charge < -0.3 is 16.0 Å². The lowest BCUT2D eigenvalue weighted by Crippen LogP contribution is -2.43. The van der Waals surface area contributed by atoms with Gasteiger partial charge in [-0.25, -0.2) is 4.39 Å². The van der Waals surface area contributed by atoms with Crippen molar-refractivity contribution in [2.24, 2.45) is 0 Å². The molecule has 0 aromatic heterocycles. The number of nitrogens with one attached hydrogen (secondary N) is 3. The fraction of sp³-hybridized carbons (Fsp3) is 0.333. The van der Waals surface area contributed by atoms with Gasteiger partial charge in [-0.15, -0.1) is 0 Å². The van der Waals surface area contributed by atoms with Crippen LogP contribution in [0.2, 0.25) is 0 Å². The van der Waals surface area contributed by atoms with Gasteiger partial charge in [0.25, 0.3) is 11.8 Å². The molecular weight excluding hydrogens is 402 g/mol. The molecule has 2 aliphatic rings. The Morgan fingerprint density at radius 1 is 1.13 bits per heavy atom. The molecule has 0 bridgehead atoms. The Balaban J connectivity index is 1.66. The second-order valence-corrected chi connectivity index (χ2v) is 7.45. The van der Waals surface area contributed by atoms with Gasteiger partial charge in [-0.1, -0.05) is 12.5 Å². The first kappa shape index (κ1) is 20.3. The van der Waals surface area contributed by atoms with Crippen LogP contribution in [0.5, 0.6) is 0 Å². The molecule has 0 saturated carbocycles. The molecule has 2 amide bonds. The molecule has 2 aliphatic heterocycles. The number of piperidine rings is 1. The molecule has 2 aromatic carbocycles. The number of halogens is 4. The molecule has 3 N–H and O–H groups in total. The lowest BCUT2D eigenvalue weighted by Gasteiger charge is -2.30. The van der Waals surface area contributed by atoms with Crippen LogP contribution in [0.4, 0.5) is 23.2 Å². The summed E-state index contributed by atoms with van der Waals surface area (Å²) in [4.78, 5) is 25.0. The molecule has 2 aromatic rings. The lowest BCUT2D eigenvalue weighted by atomic mass is 9.91. The Labute approximate surface area is 169 Å². The minimum Gasteiger partial charge on any atom is -0.344 e. The van der Waals surface area contributed by atoms with Crippen LogP contribution < -0.4 is 16.0 Å². The number of carbonyl (C=O) groups is 2. The van der Waals surface area contributed by atoms with Crippen molar-refractivity contribution in [3.8, 4) is 0 Å². The number of rotatable bonds is 3. The lowest BCUT2D eigenvalue weighted by molar-refractivity contribution is -0.137. The SMILES string of the molecule is O=C(Nc1cccc2c1C(C1CCCCN1)NC2=O)c1cc(F)cc(C(F)(F)F)c1. The van der Waals surface area contributed by atoms with Gasteiger partial charge in [-0.05, 0) is 49.7 Å². The molecule has 1 saturated heterocycles. The van der Waals surface area contributed by atoms with Gasteiger partial charge >= 0.3 is 6.18 Å². The molecule has 2 heterocycles. The zero-order valence-electron chi connectivity index (χ0n) is 15.8. The average Bonchev–Trinajstić information content (AvgIpc) is 3.05. The molecule has 0 spiro atoms. The third kappa shape index (κ3) is 3.89. The normalized spacial score (nSPS) is 21.1. The first-order valence-electron chi connectivity index (χ1n) is 9.60. The van der Waals surface area contributed by atoms with Crippen molar-refractivity contribution < 1.29 is 27.2 Å². The summed E-state index contributed by atoms with van der Waals surface area (Å²) >= 11 is 0. The number of amides is 2. The van der Waals surface area contributed by atoms with E-state index in [9.17, 15) is 27.2 Å². The number of fused-ring (bicyclic) bond motifs is 1. The molecule has 0 radical (unpaired) electrons. The molecule has 1 fully saturated rings. The molecular formula is C21H19F4N3O2. The Kier molecular flexibility index (Phi) is 5.23. The van der Waals surface area contributed by atoms with E-state index >= 15 is 0 Å². The van der Waals surface area contributed by atoms with Crippen LogP contribution in [0.1, 0.15) is 57.1 Å². The van der Waals surface area contributed by atoms with Gasteiger partial charge in [0.15, 0.2) is 0 Å². The van der Waals surface area contributed by atoms with E-state index < -0.39 is 29.0 Å². The number of hydrogen-bond donors (Lipinski definition) is 3. The van der Waals surface area contributed by atoms with Crippen molar-refractivity contribution in [2.45, 2.75) is 37.5 Å². The first-order valence-corrected chi connectivity index (χ1v) is 9.60. The quantitative estimate of drug-likeness (QED) is 0.656. The molecule has 0 aliphatic carbocycles. The highest BCUT2D eigenvalue weighted by Crippen LogP contribution is 2.37. The van der Waals surface area contributed by atoms with Crippen LogP contribution in [0.25, 0.3) is 0 Å². The van der Waals surface area contributed by atoms with Gasteiger partial charge in [-0.2, -0.15) is 13.2 Å². The molecule has 4 rings (SSSR count). The fourth-order valence-corrected chi connectivity index (χ4v) is 4.04. The summed E-state index contributed by atoms with van der Waals surface area (Å²) in [5, 5.41) is 8.84. The third-order valence-corrected chi connectivity index (χ3v) is 5.43. The average molecular weight is 421 g/mol. The maximum atomic E-state index is 13.7. The summed E-state index contributed by atoms with van der Waals surface area (Å²) in [5.74, 6) is -2.32. The maximum absolute atomic E-state index is 13.7. The first-order chi connectivity index (χ1) is 14.2.